The van der Waals surface area contributed by atoms with Crippen LogP contribution in [-0.2, 0) is 0 Å². The highest BCUT2D eigenvalue weighted by molar-refractivity contribution is 5.94. The number of hydrogen-bond donors (Lipinski definition) is 2. The third-order valence-corrected chi connectivity index (χ3v) is 3.23. The number of halogens is 1. The summed E-state index contributed by atoms with van der Waals surface area (Å²) in [6.45, 7) is 4.39. The van der Waals surface area contributed by atoms with Gasteiger partial charge in [0.05, 0.1) is 5.56 Å². The van der Waals surface area contributed by atoms with Gasteiger partial charge in [-0.1, -0.05) is 38.5 Å². The number of carbonyl (C=O) groups is 1. The maximum atomic E-state index is 13.7. The molecule has 0 aliphatic rings. The zero-order valence-corrected chi connectivity index (χ0v) is 11.9. The quantitative estimate of drug-likeness (QED) is 0.812. The average Bonchev–Trinajstić information content (AvgIpc) is 2.47. The van der Waals surface area contributed by atoms with Crippen molar-refractivity contribution >= 4 is 5.91 Å². The van der Waals surface area contributed by atoms with Gasteiger partial charge in [0.1, 0.15) is 12.4 Å². The SMILES string of the molecule is CCC(CC)CNC(=O)c1cc(C#CCO)ccc1F. The van der Waals surface area contributed by atoms with Crippen molar-refractivity contribution in [2.45, 2.75) is 26.7 Å². The lowest BCUT2D eigenvalue weighted by Crippen LogP contribution is -2.29. The molecule has 0 radical (unpaired) electrons. The standard InChI is InChI=1S/C16H20FNO2/c1-3-12(4-2)11-18-16(20)14-10-13(6-5-9-19)7-8-15(14)17/h7-8,10,12,19H,3-4,9,11H2,1-2H3,(H,18,20). The highest BCUT2D eigenvalue weighted by Gasteiger charge is 2.13. The maximum absolute atomic E-state index is 13.7. The Morgan fingerprint density at radius 2 is 2.10 bits per heavy atom. The number of nitrogens with one attached hydrogen (secondary N) is 1. The molecule has 2 N–H and O–H groups in total. The molecule has 0 saturated heterocycles. The maximum Gasteiger partial charge on any atom is 0.254 e. The molecular formula is C16H20FNO2. The molecule has 0 aromatic heterocycles. The smallest absolute Gasteiger partial charge is 0.254 e. The van der Waals surface area contributed by atoms with Crippen LogP contribution in [0.4, 0.5) is 4.39 Å². The molecule has 0 aliphatic heterocycles. The van der Waals surface area contributed by atoms with Crippen molar-refractivity contribution in [3.8, 4) is 11.8 Å². The summed E-state index contributed by atoms with van der Waals surface area (Å²) < 4.78 is 13.7. The van der Waals surface area contributed by atoms with E-state index in [0.717, 1.165) is 12.8 Å². The van der Waals surface area contributed by atoms with Crippen LogP contribution in [0.25, 0.3) is 0 Å². The molecule has 0 spiro atoms. The van der Waals surface area contributed by atoms with Crippen LogP contribution < -0.4 is 5.32 Å². The van der Waals surface area contributed by atoms with Crippen LogP contribution >= 0.6 is 0 Å². The molecule has 0 heterocycles. The largest absolute Gasteiger partial charge is 0.384 e. The van der Waals surface area contributed by atoms with E-state index in [4.69, 9.17) is 5.11 Å². The lowest BCUT2D eigenvalue weighted by atomic mass is 10.0. The third-order valence-electron chi connectivity index (χ3n) is 3.23. The van der Waals surface area contributed by atoms with Gasteiger partial charge in [0.15, 0.2) is 0 Å². The first-order valence-electron chi connectivity index (χ1n) is 6.79. The van der Waals surface area contributed by atoms with Crippen LogP contribution in [0.5, 0.6) is 0 Å². The van der Waals surface area contributed by atoms with Crippen molar-refractivity contribution in [2.75, 3.05) is 13.2 Å². The summed E-state index contributed by atoms with van der Waals surface area (Å²) in [5, 5.41) is 11.4. The monoisotopic (exact) mass is 277 g/mol. The normalized spacial score (nSPS) is 10.1. The van der Waals surface area contributed by atoms with Gasteiger partial charge in [0.25, 0.3) is 5.91 Å². The Bertz CT molecular complexity index is 513. The Labute approximate surface area is 119 Å². The minimum Gasteiger partial charge on any atom is -0.384 e. The van der Waals surface area contributed by atoms with Gasteiger partial charge in [-0.25, -0.2) is 4.39 Å². The van der Waals surface area contributed by atoms with Gasteiger partial charge in [0, 0.05) is 12.1 Å². The van der Waals surface area contributed by atoms with Gasteiger partial charge in [-0.05, 0) is 24.1 Å². The van der Waals surface area contributed by atoms with E-state index in [-0.39, 0.29) is 12.2 Å². The van der Waals surface area contributed by atoms with E-state index in [1.54, 1.807) is 0 Å². The number of carbonyl (C=O) groups excluding carboxylic acids is 1. The second-order valence-corrected chi connectivity index (χ2v) is 4.55. The number of amides is 1. The van der Waals surface area contributed by atoms with Crippen molar-refractivity contribution in [2.24, 2.45) is 5.92 Å². The molecule has 0 bridgehead atoms. The number of benzene rings is 1. The zero-order valence-electron chi connectivity index (χ0n) is 11.9. The van der Waals surface area contributed by atoms with Crippen molar-refractivity contribution < 1.29 is 14.3 Å². The van der Waals surface area contributed by atoms with Crippen LogP contribution in [-0.4, -0.2) is 24.2 Å². The molecule has 3 nitrogen and oxygen atoms in total. The van der Waals surface area contributed by atoms with Gasteiger partial charge in [0.2, 0.25) is 0 Å². The molecule has 0 saturated carbocycles. The van der Waals surface area contributed by atoms with Crippen molar-refractivity contribution in [3.63, 3.8) is 0 Å². The fourth-order valence-corrected chi connectivity index (χ4v) is 1.83. The molecule has 1 rings (SSSR count). The summed E-state index contributed by atoms with van der Waals surface area (Å²) in [6.07, 6.45) is 1.95. The second kappa shape index (κ2) is 8.34. The van der Waals surface area contributed by atoms with Gasteiger partial charge in [-0.15, -0.1) is 0 Å². The average molecular weight is 277 g/mol. The Kier molecular flexibility index (Phi) is 6.75. The van der Waals surface area contributed by atoms with Crippen LogP contribution in [0.2, 0.25) is 0 Å². The van der Waals surface area contributed by atoms with E-state index in [1.807, 2.05) is 0 Å². The topological polar surface area (TPSA) is 49.3 Å². The highest BCUT2D eigenvalue weighted by Crippen LogP contribution is 2.11. The number of hydrogen-bond acceptors (Lipinski definition) is 2. The third kappa shape index (κ3) is 4.67. The predicted octanol–water partition coefficient (Wildman–Crippen LogP) is 2.34. The minimum absolute atomic E-state index is 0.0132. The summed E-state index contributed by atoms with van der Waals surface area (Å²) in [4.78, 5) is 12.0. The summed E-state index contributed by atoms with van der Waals surface area (Å²) in [5.74, 6) is 4.53. The molecule has 1 aromatic rings. The van der Waals surface area contributed by atoms with E-state index < -0.39 is 11.7 Å². The van der Waals surface area contributed by atoms with E-state index in [2.05, 4.69) is 31.0 Å². The van der Waals surface area contributed by atoms with Gasteiger partial charge in [-0.3, -0.25) is 4.79 Å². The number of aliphatic hydroxyl groups excluding tert-OH is 1. The fraction of sp³-hybridized carbons (Fsp3) is 0.438. The van der Waals surface area contributed by atoms with E-state index in [1.165, 1.54) is 18.2 Å². The molecule has 0 fully saturated rings. The van der Waals surface area contributed by atoms with Gasteiger partial charge >= 0.3 is 0 Å². The lowest BCUT2D eigenvalue weighted by molar-refractivity contribution is 0.0942. The summed E-state index contributed by atoms with van der Waals surface area (Å²) >= 11 is 0. The summed E-state index contributed by atoms with van der Waals surface area (Å²) in [5.41, 5.74) is 0.494. The molecule has 1 amide bonds. The molecule has 0 aliphatic carbocycles. The van der Waals surface area contributed by atoms with Gasteiger partial charge in [-0.2, -0.15) is 0 Å². The molecule has 108 valence electrons. The number of aliphatic hydroxyl groups is 1. The molecule has 1 aromatic carbocycles. The first-order valence-corrected chi connectivity index (χ1v) is 6.79. The fourth-order valence-electron chi connectivity index (χ4n) is 1.83. The minimum atomic E-state index is -0.568. The van der Waals surface area contributed by atoms with Crippen LogP contribution in [0.1, 0.15) is 42.6 Å². The Morgan fingerprint density at radius 1 is 1.40 bits per heavy atom. The molecule has 0 unspecified atom stereocenters. The van der Waals surface area contributed by atoms with Crippen LogP contribution in [0, 0.1) is 23.6 Å². The van der Waals surface area contributed by atoms with Crippen molar-refractivity contribution in [3.05, 3.63) is 35.1 Å². The Morgan fingerprint density at radius 3 is 2.70 bits per heavy atom. The Hall–Kier alpha value is -1.86. The molecule has 0 atom stereocenters. The molecular weight excluding hydrogens is 257 g/mol. The first-order chi connectivity index (χ1) is 9.62. The van der Waals surface area contributed by atoms with E-state index >= 15 is 0 Å². The van der Waals surface area contributed by atoms with E-state index in [0.29, 0.717) is 18.0 Å². The van der Waals surface area contributed by atoms with Crippen LogP contribution in [0.15, 0.2) is 18.2 Å². The molecule has 4 heteroatoms. The van der Waals surface area contributed by atoms with Gasteiger partial charge < -0.3 is 10.4 Å². The zero-order chi connectivity index (χ0) is 15.0. The van der Waals surface area contributed by atoms with Crippen molar-refractivity contribution in [1.29, 1.82) is 0 Å². The van der Waals surface area contributed by atoms with Crippen molar-refractivity contribution in [1.82, 2.24) is 5.32 Å². The number of rotatable bonds is 5. The highest BCUT2D eigenvalue weighted by atomic mass is 19.1. The molecule has 20 heavy (non-hydrogen) atoms. The first kappa shape index (κ1) is 16.2. The summed E-state index contributed by atoms with van der Waals surface area (Å²) in [7, 11) is 0. The van der Waals surface area contributed by atoms with Crippen LogP contribution in [0.3, 0.4) is 0 Å². The van der Waals surface area contributed by atoms with E-state index in [9.17, 15) is 9.18 Å². The summed E-state index contributed by atoms with van der Waals surface area (Å²) in [6, 6.07) is 4.10. The predicted molar refractivity (Wildman–Crippen MR) is 76.8 cm³/mol. The Balaban J connectivity index is 2.81. The lowest BCUT2D eigenvalue weighted by Gasteiger charge is -2.13. The second-order valence-electron chi connectivity index (χ2n) is 4.55.